The number of furan rings is 1. The number of hydrogen-bond donors (Lipinski definition) is 0. The lowest BCUT2D eigenvalue weighted by Gasteiger charge is -2.17. The van der Waals surface area contributed by atoms with Gasteiger partial charge in [-0.15, -0.1) is 0 Å². The first-order valence-electron chi connectivity index (χ1n) is 8.58. The van der Waals surface area contributed by atoms with Crippen molar-refractivity contribution in [2.75, 3.05) is 11.9 Å². The van der Waals surface area contributed by atoms with Crippen molar-refractivity contribution in [2.45, 2.75) is 26.3 Å². The molecule has 2 aromatic heterocycles. The molecule has 0 saturated carbocycles. The maximum absolute atomic E-state index is 12.7. The molecule has 2 heterocycles. The molecular formula is C21H22N2O3. The van der Waals surface area contributed by atoms with Gasteiger partial charge in [-0.25, -0.2) is 0 Å². The lowest BCUT2D eigenvalue weighted by atomic mass is 10.0. The molecule has 0 atom stereocenters. The molecule has 1 amide bonds. The summed E-state index contributed by atoms with van der Waals surface area (Å²) in [5.41, 5.74) is 1.88. The monoisotopic (exact) mass is 350 g/mol. The molecule has 0 unspecified atom stereocenters. The van der Waals surface area contributed by atoms with Crippen LogP contribution in [0.3, 0.4) is 0 Å². The van der Waals surface area contributed by atoms with Crippen LogP contribution in [0.2, 0.25) is 0 Å². The Morgan fingerprint density at radius 1 is 1.12 bits per heavy atom. The number of hydrogen-bond acceptors (Lipinski definition) is 3. The minimum absolute atomic E-state index is 0.112. The van der Waals surface area contributed by atoms with Crippen molar-refractivity contribution in [1.82, 2.24) is 4.57 Å². The average molecular weight is 350 g/mol. The zero-order chi connectivity index (χ0) is 18.7. The normalized spacial score (nSPS) is 10.9. The van der Waals surface area contributed by atoms with Crippen LogP contribution in [0.5, 0.6) is 0 Å². The molecule has 0 spiro atoms. The number of pyridine rings is 1. The number of carbonyl (C=O) groups excluding carboxylic acids is 1. The summed E-state index contributed by atoms with van der Waals surface area (Å²) in [5, 5.41) is 0. The zero-order valence-electron chi connectivity index (χ0n) is 15.2. The number of rotatable bonds is 5. The van der Waals surface area contributed by atoms with Crippen molar-refractivity contribution in [3.05, 3.63) is 88.2 Å². The van der Waals surface area contributed by atoms with E-state index in [1.54, 1.807) is 42.4 Å². The van der Waals surface area contributed by atoms with Crippen LogP contribution in [0.4, 0.5) is 5.69 Å². The number of aromatic nitrogens is 1. The lowest BCUT2D eigenvalue weighted by molar-refractivity contribution is 0.0964. The summed E-state index contributed by atoms with van der Waals surface area (Å²) in [7, 11) is 1.73. The summed E-state index contributed by atoms with van der Waals surface area (Å²) in [6.07, 6.45) is 1.69. The summed E-state index contributed by atoms with van der Waals surface area (Å²) in [6, 6.07) is 16.2. The van der Waals surface area contributed by atoms with E-state index in [0.717, 1.165) is 5.69 Å². The van der Waals surface area contributed by atoms with Crippen molar-refractivity contribution in [3.63, 3.8) is 0 Å². The van der Waals surface area contributed by atoms with Gasteiger partial charge in [0.1, 0.15) is 5.76 Å². The first-order valence-corrected chi connectivity index (χ1v) is 8.58. The third kappa shape index (κ3) is 3.77. The largest absolute Gasteiger partial charge is 0.454 e. The Balaban J connectivity index is 1.78. The van der Waals surface area contributed by atoms with Crippen LogP contribution in [0, 0.1) is 0 Å². The molecule has 1 aromatic carbocycles. The van der Waals surface area contributed by atoms with Gasteiger partial charge >= 0.3 is 0 Å². The van der Waals surface area contributed by atoms with Gasteiger partial charge in [0.05, 0.1) is 6.54 Å². The van der Waals surface area contributed by atoms with Crippen molar-refractivity contribution >= 4 is 11.6 Å². The van der Waals surface area contributed by atoms with Crippen molar-refractivity contribution in [2.24, 2.45) is 0 Å². The molecule has 134 valence electrons. The highest BCUT2D eigenvalue weighted by molar-refractivity contribution is 6.03. The highest BCUT2D eigenvalue weighted by atomic mass is 16.4. The summed E-state index contributed by atoms with van der Waals surface area (Å²) in [5.74, 6) is 0.975. The van der Waals surface area contributed by atoms with Crippen LogP contribution < -0.4 is 10.5 Å². The van der Waals surface area contributed by atoms with Gasteiger partial charge in [-0.2, -0.15) is 0 Å². The Labute approximate surface area is 152 Å². The van der Waals surface area contributed by atoms with Crippen LogP contribution in [0.25, 0.3) is 0 Å². The standard InChI is InChI=1S/C21H22N2O3/c1-15(2)16-7-6-8-17(13-16)22(3)21(25)19-11-10-18(26-19)14-23-12-5-4-9-20(23)24/h4-13,15H,14H2,1-3H3. The summed E-state index contributed by atoms with van der Waals surface area (Å²) in [6.45, 7) is 4.52. The van der Waals surface area contributed by atoms with Crippen molar-refractivity contribution < 1.29 is 9.21 Å². The average Bonchev–Trinajstić information content (AvgIpc) is 3.11. The fourth-order valence-electron chi connectivity index (χ4n) is 2.71. The SMILES string of the molecule is CC(C)c1cccc(N(C)C(=O)c2ccc(Cn3ccccc3=O)o2)c1. The smallest absolute Gasteiger partial charge is 0.293 e. The molecule has 0 aliphatic rings. The number of anilines is 1. The molecule has 26 heavy (non-hydrogen) atoms. The van der Waals surface area contributed by atoms with E-state index in [1.807, 2.05) is 18.2 Å². The predicted octanol–water partition coefficient (Wildman–Crippen LogP) is 3.89. The fourth-order valence-corrected chi connectivity index (χ4v) is 2.71. The highest BCUT2D eigenvalue weighted by Gasteiger charge is 2.18. The van der Waals surface area contributed by atoms with E-state index >= 15 is 0 Å². The first kappa shape index (κ1) is 17.7. The second kappa shape index (κ2) is 7.44. The molecule has 0 fully saturated rings. The molecule has 5 heteroatoms. The molecule has 3 aromatic rings. The van der Waals surface area contributed by atoms with Gasteiger partial charge in [0.15, 0.2) is 5.76 Å². The van der Waals surface area contributed by atoms with Crippen molar-refractivity contribution in [3.8, 4) is 0 Å². The first-order chi connectivity index (χ1) is 12.5. The van der Waals surface area contributed by atoms with E-state index in [-0.39, 0.29) is 17.2 Å². The van der Waals surface area contributed by atoms with Gasteiger partial charge in [0.25, 0.3) is 11.5 Å². The van der Waals surface area contributed by atoms with Crippen LogP contribution in [-0.2, 0) is 6.54 Å². The minimum Gasteiger partial charge on any atom is -0.454 e. The molecule has 0 N–H and O–H groups in total. The fraction of sp³-hybridized carbons (Fsp3) is 0.238. The number of carbonyl (C=O) groups is 1. The van der Waals surface area contributed by atoms with Gasteiger partial charge in [-0.05, 0) is 41.8 Å². The van der Waals surface area contributed by atoms with Gasteiger partial charge in [0.2, 0.25) is 0 Å². The van der Waals surface area contributed by atoms with Crippen molar-refractivity contribution in [1.29, 1.82) is 0 Å². The van der Waals surface area contributed by atoms with Gasteiger partial charge in [0, 0.05) is 25.0 Å². The van der Waals surface area contributed by atoms with Crippen LogP contribution in [0.15, 0.2) is 70.0 Å². The third-order valence-corrected chi connectivity index (χ3v) is 4.33. The number of benzene rings is 1. The lowest BCUT2D eigenvalue weighted by Crippen LogP contribution is -2.25. The quantitative estimate of drug-likeness (QED) is 0.701. The highest BCUT2D eigenvalue weighted by Crippen LogP contribution is 2.22. The molecule has 0 aliphatic carbocycles. The van der Waals surface area contributed by atoms with Crippen LogP contribution in [0.1, 0.15) is 41.6 Å². The second-order valence-corrected chi connectivity index (χ2v) is 6.55. The molecule has 0 saturated heterocycles. The van der Waals surface area contributed by atoms with Crippen LogP contribution >= 0.6 is 0 Å². The van der Waals surface area contributed by atoms with E-state index in [1.165, 1.54) is 16.2 Å². The molecule has 3 rings (SSSR count). The Morgan fingerprint density at radius 3 is 2.65 bits per heavy atom. The Bertz CT molecular complexity index is 969. The molecule has 0 radical (unpaired) electrons. The zero-order valence-corrected chi connectivity index (χ0v) is 15.2. The molecule has 5 nitrogen and oxygen atoms in total. The Kier molecular flexibility index (Phi) is 5.07. The molecule has 0 bridgehead atoms. The van der Waals surface area contributed by atoms with Gasteiger partial charge in [-0.3, -0.25) is 9.59 Å². The summed E-state index contributed by atoms with van der Waals surface area (Å²) >= 11 is 0. The van der Waals surface area contributed by atoms with E-state index in [4.69, 9.17) is 4.42 Å². The van der Waals surface area contributed by atoms with E-state index in [0.29, 0.717) is 18.2 Å². The molecular weight excluding hydrogens is 328 g/mol. The predicted molar refractivity (Wildman–Crippen MR) is 102 cm³/mol. The van der Waals surface area contributed by atoms with Gasteiger partial charge in [-0.1, -0.05) is 32.0 Å². The topological polar surface area (TPSA) is 55.5 Å². The van der Waals surface area contributed by atoms with Gasteiger partial charge < -0.3 is 13.9 Å². The van der Waals surface area contributed by atoms with E-state index < -0.39 is 0 Å². The Morgan fingerprint density at radius 2 is 1.92 bits per heavy atom. The number of amides is 1. The second-order valence-electron chi connectivity index (χ2n) is 6.55. The third-order valence-electron chi connectivity index (χ3n) is 4.33. The summed E-state index contributed by atoms with van der Waals surface area (Å²) < 4.78 is 7.20. The Hall–Kier alpha value is -3.08. The van der Waals surface area contributed by atoms with E-state index in [2.05, 4.69) is 19.9 Å². The van der Waals surface area contributed by atoms with Crippen LogP contribution in [-0.4, -0.2) is 17.5 Å². The summed E-state index contributed by atoms with van der Waals surface area (Å²) in [4.78, 5) is 26.1. The minimum atomic E-state index is -0.224. The number of nitrogens with zero attached hydrogens (tertiary/aromatic N) is 2. The van der Waals surface area contributed by atoms with E-state index in [9.17, 15) is 9.59 Å². The maximum Gasteiger partial charge on any atom is 0.293 e. The maximum atomic E-state index is 12.7. The molecule has 0 aliphatic heterocycles.